The fourth-order valence-corrected chi connectivity index (χ4v) is 1.33. The van der Waals surface area contributed by atoms with Gasteiger partial charge in [0.15, 0.2) is 0 Å². The molecular weight excluding hydrogens is 238 g/mol. The highest BCUT2D eigenvalue weighted by Crippen LogP contribution is 2.19. The van der Waals surface area contributed by atoms with Crippen molar-refractivity contribution in [2.75, 3.05) is 5.32 Å². The van der Waals surface area contributed by atoms with Gasteiger partial charge in [0.2, 0.25) is 5.95 Å². The second kappa shape index (κ2) is 5.03. The normalized spacial score (nSPS) is 12.9. The van der Waals surface area contributed by atoms with Crippen molar-refractivity contribution in [3.8, 4) is 0 Å². The Morgan fingerprint density at radius 1 is 1.44 bits per heavy atom. The van der Waals surface area contributed by atoms with Gasteiger partial charge in [-0.15, -0.1) is 0 Å². The van der Waals surface area contributed by atoms with E-state index in [0.29, 0.717) is 0 Å². The van der Waals surface area contributed by atoms with E-state index in [9.17, 15) is 9.59 Å². The van der Waals surface area contributed by atoms with E-state index in [1.165, 1.54) is 11.0 Å². The third kappa shape index (κ3) is 3.44. The third-order valence-corrected chi connectivity index (χ3v) is 2.33. The quantitative estimate of drug-likeness (QED) is 0.726. The zero-order valence-electron chi connectivity index (χ0n) is 10.8. The molecule has 1 aromatic rings. The number of aryl methyl sites for hydroxylation is 1. The van der Waals surface area contributed by atoms with E-state index < -0.39 is 23.5 Å². The highest BCUT2D eigenvalue weighted by molar-refractivity contribution is 5.91. The summed E-state index contributed by atoms with van der Waals surface area (Å²) in [5.41, 5.74) is -0.594. The lowest BCUT2D eigenvalue weighted by Gasteiger charge is -2.27. The number of carbonyl (C=O) groups excluding carboxylic acids is 1. The first-order valence-electron chi connectivity index (χ1n) is 5.36. The maximum absolute atomic E-state index is 11.7. The Hall–Kier alpha value is -2.12. The van der Waals surface area contributed by atoms with Crippen molar-refractivity contribution in [1.29, 1.82) is 0 Å². The van der Waals surface area contributed by atoms with Gasteiger partial charge in [0.25, 0.3) is 0 Å². The summed E-state index contributed by atoms with van der Waals surface area (Å²) in [6.07, 6.45) is 1.29. The molecule has 0 saturated heterocycles. The molecule has 0 aliphatic rings. The van der Waals surface area contributed by atoms with Crippen LogP contribution in [0.3, 0.4) is 0 Å². The summed E-state index contributed by atoms with van der Waals surface area (Å²) in [5.74, 6) is -0.846. The van der Waals surface area contributed by atoms with Crippen molar-refractivity contribution in [3.05, 3.63) is 6.33 Å². The van der Waals surface area contributed by atoms with Crippen molar-refractivity contribution in [2.24, 2.45) is 12.5 Å². The molecule has 0 fully saturated rings. The number of carbonyl (C=O) groups is 2. The number of rotatable bonds is 3. The van der Waals surface area contributed by atoms with Crippen molar-refractivity contribution >= 4 is 17.9 Å². The van der Waals surface area contributed by atoms with Crippen LogP contribution in [-0.4, -0.2) is 37.9 Å². The lowest BCUT2D eigenvalue weighted by Crippen LogP contribution is -2.50. The Kier molecular flexibility index (Phi) is 3.89. The first-order chi connectivity index (χ1) is 8.21. The number of nitrogens with zero attached hydrogens (tertiary/aromatic N) is 3. The SMILES string of the molecule is Cn1ncnc1NC(=O)N[C@@H](C(=O)O)C(C)(C)C. The number of amides is 2. The number of carboxylic acid groups (broad SMARTS) is 1. The molecule has 2 amide bonds. The lowest BCUT2D eigenvalue weighted by atomic mass is 9.87. The predicted molar refractivity (Wildman–Crippen MR) is 64.0 cm³/mol. The van der Waals surface area contributed by atoms with Gasteiger partial charge >= 0.3 is 12.0 Å². The van der Waals surface area contributed by atoms with Crippen LogP contribution >= 0.6 is 0 Å². The van der Waals surface area contributed by atoms with Crippen LogP contribution < -0.4 is 10.6 Å². The fraction of sp³-hybridized carbons (Fsp3) is 0.600. The molecular formula is C10H17N5O3. The van der Waals surface area contributed by atoms with E-state index in [4.69, 9.17) is 5.11 Å². The minimum Gasteiger partial charge on any atom is -0.480 e. The molecule has 0 aromatic carbocycles. The van der Waals surface area contributed by atoms with Gasteiger partial charge in [0, 0.05) is 7.05 Å². The van der Waals surface area contributed by atoms with Gasteiger partial charge in [0.1, 0.15) is 12.4 Å². The number of nitrogens with one attached hydrogen (secondary N) is 2. The van der Waals surface area contributed by atoms with E-state index in [-0.39, 0.29) is 5.95 Å². The molecule has 3 N–H and O–H groups in total. The molecule has 8 nitrogen and oxygen atoms in total. The first-order valence-corrected chi connectivity index (χ1v) is 5.36. The van der Waals surface area contributed by atoms with Crippen LogP contribution in [0.1, 0.15) is 20.8 Å². The van der Waals surface area contributed by atoms with E-state index in [1.54, 1.807) is 27.8 Å². The molecule has 0 aliphatic heterocycles. The maximum Gasteiger partial charge on any atom is 0.326 e. The molecule has 1 aromatic heterocycles. The Balaban J connectivity index is 2.69. The van der Waals surface area contributed by atoms with Crippen LogP contribution in [0.5, 0.6) is 0 Å². The second-order valence-corrected chi connectivity index (χ2v) is 4.94. The summed E-state index contributed by atoms with van der Waals surface area (Å²) in [4.78, 5) is 26.5. The summed E-state index contributed by atoms with van der Waals surface area (Å²) >= 11 is 0. The van der Waals surface area contributed by atoms with E-state index >= 15 is 0 Å². The van der Waals surface area contributed by atoms with Crippen molar-refractivity contribution < 1.29 is 14.7 Å². The van der Waals surface area contributed by atoms with Crippen LogP contribution in [-0.2, 0) is 11.8 Å². The molecule has 8 heteroatoms. The van der Waals surface area contributed by atoms with Gasteiger partial charge in [0.05, 0.1) is 0 Å². The molecule has 18 heavy (non-hydrogen) atoms. The van der Waals surface area contributed by atoms with Crippen molar-refractivity contribution in [1.82, 2.24) is 20.1 Å². The number of anilines is 1. The topological polar surface area (TPSA) is 109 Å². The van der Waals surface area contributed by atoms with Crippen LogP contribution in [0.4, 0.5) is 10.7 Å². The Bertz CT molecular complexity index is 449. The maximum atomic E-state index is 11.7. The van der Waals surface area contributed by atoms with Gasteiger partial charge < -0.3 is 10.4 Å². The van der Waals surface area contributed by atoms with Gasteiger partial charge in [-0.2, -0.15) is 10.1 Å². The molecule has 1 atom stereocenters. The van der Waals surface area contributed by atoms with Gasteiger partial charge in [-0.1, -0.05) is 20.8 Å². The number of carboxylic acids is 1. The summed E-state index contributed by atoms with van der Waals surface area (Å²) in [6.45, 7) is 5.19. The third-order valence-electron chi connectivity index (χ3n) is 2.33. The fourth-order valence-electron chi connectivity index (χ4n) is 1.33. The monoisotopic (exact) mass is 255 g/mol. The largest absolute Gasteiger partial charge is 0.480 e. The summed E-state index contributed by atoms with van der Waals surface area (Å²) in [6, 6.07) is -1.63. The number of urea groups is 1. The minimum absolute atomic E-state index is 0.241. The van der Waals surface area contributed by atoms with Gasteiger partial charge in [-0.25, -0.2) is 14.3 Å². The number of aliphatic carboxylic acids is 1. The van der Waals surface area contributed by atoms with Crippen molar-refractivity contribution in [3.63, 3.8) is 0 Å². The highest BCUT2D eigenvalue weighted by atomic mass is 16.4. The van der Waals surface area contributed by atoms with Gasteiger partial charge in [-0.05, 0) is 5.41 Å². The highest BCUT2D eigenvalue weighted by Gasteiger charge is 2.32. The average Bonchev–Trinajstić information content (AvgIpc) is 2.59. The summed E-state index contributed by atoms with van der Waals surface area (Å²) in [5, 5.41) is 17.7. The average molecular weight is 255 g/mol. The summed E-state index contributed by atoms with van der Waals surface area (Å²) < 4.78 is 1.37. The Morgan fingerprint density at radius 3 is 2.44 bits per heavy atom. The molecule has 100 valence electrons. The zero-order chi connectivity index (χ0) is 13.9. The number of hydrogen-bond donors (Lipinski definition) is 3. The Morgan fingerprint density at radius 2 is 2.06 bits per heavy atom. The van der Waals surface area contributed by atoms with Crippen LogP contribution in [0.25, 0.3) is 0 Å². The first kappa shape index (κ1) is 13.9. The standard InChI is InChI=1S/C10H17N5O3/c1-10(2,3)6(7(16)17)13-9(18)14-8-11-5-12-15(8)4/h5-6H,1-4H3,(H,16,17)(H2,11,12,13,14,18)/t6-/m0/s1. The summed E-state index contributed by atoms with van der Waals surface area (Å²) in [7, 11) is 1.61. The zero-order valence-corrected chi connectivity index (χ0v) is 10.8. The van der Waals surface area contributed by atoms with E-state index in [2.05, 4.69) is 20.7 Å². The smallest absolute Gasteiger partial charge is 0.326 e. The van der Waals surface area contributed by atoms with Crippen LogP contribution in [0.2, 0.25) is 0 Å². The predicted octanol–water partition coefficient (Wildman–Crippen LogP) is 0.436. The molecule has 0 spiro atoms. The molecule has 0 radical (unpaired) electrons. The Labute approximate surface area is 104 Å². The van der Waals surface area contributed by atoms with Crippen molar-refractivity contribution in [2.45, 2.75) is 26.8 Å². The second-order valence-electron chi connectivity index (χ2n) is 4.94. The number of aromatic nitrogens is 3. The van der Waals surface area contributed by atoms with Crippen LogP contribution in [0.15, 0.2) is 6.33 Å². The van der Waals surface area contributed by atoms with Crippen LogP contribution in [0, 0.1) is 5.41 Å². The van der Waals surface area contributed by atoms with E-state index in [0.717, 1.165) is 0 Å². The molecule has 1 rings (SSSR count). The number of hydrogen-bond acceptors (Lipinski definition) is 4. The molecule has 0 bridgehead atoms. The van der Waals surface area contributed by atoms with E-state index in [1.807, 2.05) is 0 Å². The molecule has 0 unspecified atom stereocenters. The molecule has 0 saturated carbocycles. The molecule has 0 aliphatic carbocycles. The van der Waals surface area contributed by atoms with Gasteiger partial charge in [-0.3, -0.25) is 5.32 Å². The molecule has 1 heterocycles. The minimum atomic E-state index is -1.09. The lowest BCUT2D eigenvalue weighted by molar-refractivity contribution is -0.141.